The molecule has 3 N–H and O–H groups in total. The second-order valence-corrected chi connectivity index (χ2v) is 4.69. The molecule has 0 unspecified atom stereocenters. The van der Waals surface area contributed by atoms with Gasteiger partial charge < -0.3 is 11.1 Å². The molecule has 2 rings (SSSR count). The van der Waals surface area contributed by atoms with Crippen molar-refractivity contribution in [3.05, 3.63) is 54.1 Å². The molecule has 0 bridgehead atoms. The third-order valence-electron chi connectivity index (χ3n) is 2.73. The van der Waals surface area contributed by atoms with Gasteiger partial charge in [0.1, 0.15) is 0 Å². The van der Waals surface area contributed by atoms with Crippen molar-refractivity contribution in [1.82, 2.24) is 5.32 Å². The smallest absolute Gasteiger partial charge is 0.251 e. The maximum Gasteiger partial charge on any atom is 0.251 e. The normalized spacial score (nSPS) is 10.2. The molecule has 0 saturated heterocycles. The van der Waals surface area contributed by atoms with E-state index >= 15 is 0 Å². The van der Waals surface area contributed by atoms with E-state index in [-0.39, 0.29) is 5.91 Å². The summed E-state index contributed by atoms with van der Waals surface area (Å²) < 4.78 is 0. The Labute approximate surface area is 118 Å². The van der Waals surface area contributed by atoms with Gasteiger partial charge in [-0.05, 0) is 35.4 Å². The highest BCUT2D eigenvalue weighted by Crippen LogP contribution is 2.22. The lowest BCUT2D eigenvalue weighted by molar-refractivity contribution is 0.0955. The number of benzene rings is 2. The van der Waals surface area contributed by atoms with E-state index in [4.69, 9.17) is 5.73 Å². The van der Waals surface area contributed by atoms with E-state index in [2.05, 4.69) is 17.9 Å². The van der Waals surface area contributed by atoms with Gasteiger partial charge in [0.2, 0.25) is 0 Å². The summed E-state index contributed by atoms with van der Waals surface area (Å²) in [4.78, 5) is 12.8. The Morgan fingerprint density at radius 2 is 1.79 bits per heavy atom. The van der Waals surface area contributed by atoms with Crippen LogP contribution in [0.4, 0.5) is 0 Å². The Morgan fingerprint density at radius 3 is 2.47 bits per heavy atom. The first-order valence-electron chi connectivity index (χ1n) is 6.08. The summed E-state index contributed by atoms with van der Waals surface area (Å²) in [5, 5.41) is 2.76. The van der Waals surface area contributed by atoms with Crippen molar-refractivity contribution < 1.29 is 4.79 Å². The monoisotopic (exact) mass is 272 g/mol. The summed E-state index contributed by atoms with van der Waals surface area (Å²) in [7, 11) is 0. The van der Waals surface area contributed by atoms with Crippen LogP contribution in [0.5, 0.6) is 0 Å². The minimum Gasteiger partial charge on any atom is -0.351 e. The molecule has 3 nitrogen and oxygen atoms in total. The van der Waals surface area contributed by atoms with Crippen LogP contribution < -0.4 is 11.1 Å². The second kappa shape index (κ2) is 6.41. The van der Waals surface area contributed by atoms with Crippen molar-refractivity contribution >= 4 is 18.5 Å². The lowest BCUT2D eigenvalue weighted by atomic mass is 10.0. The first-order chi connectivity index (χ1) is 9.20. The molecule has 19 heavy (non-hydrogen) atoms. The predicted octanol–water partition coefficient (Wildman–Crippen LogP) is 2.33. The van der Waals surface area contributed by atoms with E-state index < -0.39 is 0 Å². The average Bonchev–Trinajstić information content (AvgIpc) is 2.45. The molecule has 2 aromatic rings. The Kier molecular flexibility index (Phi) is 4.60. The molecule has 4 heteroatoms. The SMILES string of the molecule is NCCNC(=O)c1cccc(-c2cccc(S)c2)c1. The highest BCUT2D eigenvalue weighted by molar-refractivity contribution is 7.80. The fourth-order valence-electron chi connectivity index (χ4n) is 1.81. The zero-order chi connectivity index (χ0) is 13.7. The number of hydrogen-bond donors (Lipinski definition) is 3. The molecule has 1 amide bonds. The standard InChI is InChI=1S/C15H16N2OS/c16-7-8-17-15(18)13-5-1-3-11(9-13)12-4-2-6-14(19)10-12/h1-6,9-10,19H,7-8,16H2,(H,17,18). The fraction of sp³-hybridized carbons (Fsp3) is 0.133. The third-order valence-corrected chi connectivity index (χ3v) is 3.01. The fourth-order valence-corrected chi connectivity index (χ4v) is 2.04. The minimum absolute atomic E-state index is 0.102. The zero-order valence-electron chi connectivity index (χ0n) is 10.5. The Bertz CT molecular complexity index is 584. The highest BCUT2D eigenvalue weighted by Gasteiger charge is 2.06. The van der Waals surface area contributed by atoms with Crippen LogP contribution in [0, 0.1) is 0 Å². The molecule has 0 radical (unpaired) electrons. The third kappa shape index (κ3) is 3.59. The number of thiol groups is 1. The predicted molar refractivity (Wildman–Crippen MR) is 80.5 cm³/mol. The number of hydrogen-bond acceptors (Lipinski definition) is 3. The lowest BCUT2D eigenvalue weighted by Crippen LogP contribution is -2.28. The molecular weight excluding hydrogens is 256 g/mol. The summed E-state index contributed by atoms with van der Waals surface area (Å²) in [6.45, 7) is 0.919. The van der Waals surface area contributed by atoms with Crippen LogP contribution in [0.3, 0.4) is 0 Å². The van der Waals surface area contributed by atoms with Crippen LogP contribution in [-0.4, -0.2) is 19.0 Å². The number of carbonyl (C=O) groups excluding carboxylic acids is 1. The summed E-state index contributed by atoms with van der Waals surface area (Å²) in [6, 6.07) is 15.3. The van der Waals surface area contributed by atoms with Gasteiger partial charge in [-0.3, -0.25) is 4.79 Å². The summed E-state index contributed by atoms with van der Waals surface area (Å²) >= 11 is 4.32. The molecule has 0 spiro atoms. The van der Waals surface area contributed by atoms with Gasteiger partial charge in [0, 0.05) is 23.5 Å². The van der Waals surface area contributed by atoms with Crippen LogP contribution in [-0.2, 0) is 0 Å². The van der Waals surface area contributed by atoms with E-state index in [0.717, 1.165) is 16.0 Å². The van der Waals surface area contributed by atoms with E-state index in [1.54, 1.807) is 6.07 Å². The number of nitrogens with two attached hydrogens (primary N) is 1. The van der Waals surface area contributed by atoms with E-state index in [9.17, 15) is 4.79 Å². The van der Waals surface area contributed by atoms with Gasteiger partial charge in [0.25, 0.3) is 5.91 Å². The Hall–Kier alpha value is -1.78. The molecule has 0 saturated carbocycles. The molecule has 0 aliphatic carbocycles. The maximum absolute atomic E-state index is 11.9. The van der Waals surface area contributed by atoms with Crippen molar-refractivity contribution in [2.45, 2.75) is 4.90 Å². The average molecular weight is 272 g/mol. The van der Waals surface area contributed by atoms with Crippen molar-refractivity contribution in [1.29, 1.82) is 0 Å². The first-order valence-corrected chi connectivity index (χ1v) is 6.53. The summed E-state index contributed by atoms with van der Waals surface area (Å²) in [5.41, 5.74) is 8.04. The van der Waals surface area contributed by atoms with Crippen molar-refractivity contribution in [2.75, 3.05) is 13.1 Å². The van der Waals surface area contributed by atoms with Gasteiger partial charge in [-0.1, -0.05) is 24.3 Å². The molecule has 2 aromatic carbocycles. The molecule has 0 aliphatic heterocycles. The maximum atomic E-state index is 11.9. The molecule has 0 aliphatic rings. The Morgan fingerprint density at radius 1 is 1.11 bits per heavy atom. The number of amides is 1. The van der Waals surface area contributed by atoms with Gasteiger partial charge >= 0.3 is 0 Å². The number of rotatable bonds is 4. The van der Waals surface area contributed by atoms with Gasteiger partial charge in [0.05, 0.1) is 0 Å². The van der Waals surface area contributed by atoms with Crippen LogP contribution >= 0.6 is 12.6 Å². The van der Waals surface area contributed by atoms with Crippen LogP contribution in [0.2, 0.25) is 0 Å². The topological polar surface area (TPSA) is 55.1 Å². The van der Waals surface area contributed by atoms with Crippen LogP contribution in [0.15, 0.2) is 53.4 Å². The largest absolute Gasteiger partial charge is 0.351 e. The van der Waals surface area contributed by atoms with E-state index in [1.807, 2.05) is 42.5 Å². The molecule has 0 aromatic heterocycles. The molecule has 0 fully saturated rings. The molecular formula is C15H16N2OS. The lowest BCUT2D eigenvalue weighted by Gasteiger charge is -2.07. The zero-order valence-corrected chi connectivity index (χ0v) is 11.4. The highest BCUT2D eigenvalue weighted by atomic mass is 32.1. The van der Waals surface area contributed by atoms with Gasteiger partial charge in [-0.15, -0.1) is 12.6 Å². The molecule has 98 valence electrons. The molecule has 0 heterocycles. The van der Waals surface area contributed by atoms with Crippen LogP contribution in [0.1, 0.15) is 10.4 Å². The van der Waals surface area contributed by atoms with E-state index in [1.165, 1.54) is 0 Å². The van der Waals surface area contributed by atoms with Crippen molar-refractivity contribution in [3.63, 3.8) is 0 Å². The quantitative estimate of drug-likeness (QED) is 0.748. The van der Waals surface area contributed by atoms with Gasteiger partial charge in [-0.2, -0.15) is 0 Å². The second-order valence-electron chi connectivity index (χ2n) is 4.18. The van der Waals surface area contributed by atoms with Gasteiger partial charge in [-0.25, -0.2) is 0 Å². The van der Waals surface area contributed by atoms with Gasteiger partial charge in [0.15, 0.2) is 0 Å². The van der Waals surface area contributed by atoms with Crippen molar-refractivity contribution in [2.24, 2.45) is 5.73 Å². The van der Waals surface area contributed by atoms with Crippen molar-refractivity contribution in [3.8, 4) is 11.1 Å². The minimum atomic E-state index is -0.102. The van der Waals surface area contributed by atoms with E-state index in [0.29, 0.717) is 18.7 Å². The van der Waals surface area contributed by atoms with Crippen LogP contribution in [0.25, 0.3) is 11.1 Å². The number of carbonyl (C=O) groups is 1. The Balaban J connectivity index is 2.26. The summed E-state index contributed by atoms with van der Waals surface area (Å²) in [5.74, 6) is -0.102. The summed E-state index contributed by atoms with van der Waals surface area (Å²) in [6.07, 6.45) is 0. The molecule has 0 atom stereocenters. The first kappa shape index (κ1) is 13.6. The number of nitrogens with one attached hydrogen (secondary N) is 1.